The van der Waals surface area contributed by atoms with E-state index in [4.69, 9.17) is 5.73 Å². The minimum Gasteiger partial charge on any atom is -0.324 e. The van der Waals surface area contributed by atoms with Crippen LogP contribution in [0.5, 0.6) is 0 Å². The van der Waals surface area contributed by atoms with Crippen LogP contribution in [0, 0.1) is 0 Å². The molecule has 100 valence electrons. The molecule has 0 saturated carbocycles. The topological polar surface area (TPSA) is 85.0 Å². The van der Waals surface area contributed by atoms with Gasteiger partial charge in [-0.15, -0.1) is 0 Å². The lowest BCUT2D eigenvalue weighted by Crippen LogP contribution is -2.19. The summed E-state index contributed by atoms with van der Waals surface area (Å²) in [6, 6.07) is 7.11. The molecule has 2 rings (SSSR count). The normalized spacial score (nSPS) is 11.9. The van der Waals surface area contributed by atoms with Gasteiger partial charge in [-0.25, -0.2) is 4.79 Å². The molecule has 2 aromatic rings. The van der Waals surface area contributed by atoms with Crippen molar-refractivity contribution in [3.8, 4) is 0 Å². The van der Waals surface area contributed by atoms with E-state index in [0.29, 0.717) is 11.4 Å². The Morgan fingerprint density at radius 2 is 1.89 bits per heavy atom. The van der Waals surface area contributed by atoms with Crippen molar-refractivity contribution < 1.29 is 4.79 Å². The maximum absolute atomic E-state index is 11.7. The van der Waals surface area contributed by atoms with E-state index in [-0.39, 0.29) is 12.1 Å². The molecule has 2 amide bonds. The van der Waals surface area contributed by atoms with E-state index in [1.165, 1.54) is 0 Å². The van der Waals surface area contributed by atoms with Crippen LogP contribution in [0.4, 0.5) is 16.2 Å². The fraction of sp³-hybridized carbons (Fsp3) is 0.231. The first-order chi connectivity index (χ1) is 9.04. The van der Waals surface area contributed by atoms with Crippen molar-refractivity contribution in [3.05, 3.63) is 42.2 Å². The number of amides is 2. The SMILES string of the molecule is CC(N)c1ccc(NC(=O)Nc2cnn(C)c2)cc1. The number of aryl methyl sites for hydroxylation is 1. The summed E-state index contributed by atoms with van der Waals surface area (Å²) in [4.78, 5) is 11.7. The Kier molecular flexibility index (Phi) is 3.82. The molecule has 1 unspecified atom stereocenters. The molecular weight excluding hydrogens is 242 g/mol. The molecule has 0 spiro atoms. The third-order valence-corrected chi connectivity index (χ3v) is 2.66. The van der Waals surface area contributed by atoms with Gasteiger partial charge in [-0.3, -0.25) is 4.68 Å². The number of urea groups is 1. The zero-order valence-electron chi connectivity index (χ0n) is 10.9. The summed E-state index contributed by atoms with van der Waals surface area (Å²) in [5.41, 5.74) is 8.15. The molecule has 1 aromatic carbocycles. The molecule has 0 aliphatic carbocycles. The van der Waals surface area contributed by atoms with E-state index in [0.717, 1.165) is 5.56 Å². The zero-order valence-corrected chi connectivity index (χ0v) is 10.9. The first kappa shape index (κ1) is 13.1. The van der Waals surface area contributed by atoms with E-state index in [1.807, 2.05) is 31.2 Å². The van der Waals surface area contributed by atoms with E-state index in [2.05, 4.69) is 15.7 Å². The molecule has 0 saturated heterocycles. The molecule has 0 aliphatic heterocycles. The number of benzene rings is 1. The van der Waals surface area contributed by atoms with Crippen molar-refractivity contribution in [2.24, 2.45) is 12.8 Å². The maximum Gasteiger partial charge on any atom is 0.323 e. The minimum atomic E-state index is -0.304. The molecule has 19 heavy (non-hydrogen) atoms. The molecule has 6 heteroatoms. The van der Waals surface area contributed by atoms with Crippen LogP contribution in [-0.4, -0.2) is 15.8 Å². The van der Waals surface area contributed by atoms with Crippen molar-refractivity contribution in [2.75, 3.05) is 10.6 Å². The van der Waals surface area contributed by atoms with Gasteiger partial charge in [0.2, 0.25) is 0 Å². The fourth-order valence-electron chi connectivity index (χ4n) is 1.65. The number of nitrogens with one attached hydrogen (secondary N) is 2. The lowest BCUT2D eigenvalue weighted by molar-refractivity contribution is 0.262. The summed E-state index contributed by atoms with van der Waals surface area (Å²) in [5.74, 6) is 0. The van der Waals surface area contributed by atoms with Crippen LogP contribution >= 0.6 is 0 Å². The van der Waals surface area contributed by atoms with Crippen LogP contribution in [0.1, 0.15) is 18.5 Å². The third-order valence-electron chi connectivity index (χ3n) is 2.66. The molecule has 6 nitrogen and oxygen atoms in total. The van der Waals surface area contributed by atoms with Gasteiger partial charge in [0.15, 0.2) is 0 Å². The number of carbonyl (C=O) groups excluding carboxylic acids is 1. The molecule has 0 radical (unpaired) electrons. The standard InChI is InChI=1S/C13H17N5O/c1-9(14)10-3-5-11(6-4-10)16-13(19)17-12-7-15-18(2)8-12/h3-9H,14H2,1-2H3,(H2,16,17,19). The summed E-state index contributed by atoms with van der Waals surface area (Å²) in [6.07, 6.45) is 3.30. The van der Waals surface area contributed by atoms with Gasteiger partial charge in [0.05, 0.1) is 11.9 Å². The van der Waals surface area contributed by atoms with E-state index >= 15 is 0 Å². The Balaban J connectivity index is 1.95. The highest BCUT2D eigenvalue weighted by Gasteiger charge is 2.04. The fourth-order valence-corrected chi connectivity index (χ4v) is 1.65. The lowest BCUT2D eigenvalue weighted by atomic mass is 10.1. The first-order valence-corrected chi connectivity index (χ1v) is 5.97. The summed E-state index contributed by atoms with van der Waals surface area (Å²) in [6.45, 7) is 1.91. The van der Waals surface area contributed by atoms with Crippen LogP contribution in [0.25, 0.3) is 0 Å². The number of anilines is 2. The lowest BCUT2D eigenvalue weighted by Gasteiger charge is -2.08. The van der Waals surface area contributed by atoms with Crippen LogP contribution in [0.15, 0.2) is 36.7 Å². The largest absolute Gasteiger partial charge is 0.324 e. The molecular formula is C13H17N5O. The minimum absolute atomic E-state index is 0.0155. The van der Waals surface area contributed by atoms with Crippen molar-refractivity contribution in [1.82, 2.24) is 9.78 Å². The Morgan fingerprint density at radius 1 is 1.26 bits per heavy atom. The Morgan fingerprint density at radius 3 is 2.42 bits per heavy atom. The van der Waals surface area contributed by atoms with Crippen LogP contribution in [0.3, 0.4) is 0 Å². The highest BCUT2D eigenvalue weighted by Crippen LogP contribution is 2.14. The van der Waals surface area contributed by atoms with Crippen molar-refractivity contribution in [1.29, 1.82) is 0 Å². The van der Waals surface area contributed by atoms with Crippen LogP contribution < -0.4 is 16.4 Å². The highest BCUT2D eigenvalue weighted by molar-refractivity contribution is 5.99. The zero-order chi connectivity index (χ0) is 13.8. The second kappa shape index (κ2) is 5.53. The van der Waals surface area contributed by atoms with Crippen molar-refractivity contribution >= 4 is 17.4 Å². The summed E-state index contributed by atoms with van der Waals surface area (Å²) >= 11 is 0. The molecule has 0 bridgehead atoms. The molecule has 0 fully saturated rings. The van der Waals surface area contributed by atoms with E-state index < -0.39 is 0 Å². The van der Waals surface area contributed by atoms with Gasteiger partial charge in [-0.05, 0) is 24.6 Å². The van der Waals surface area contributed by atoms with Crippen molar-refractivity contribution in [2.45, 2.75) is 13.0 Å². The van der Waals surface area contributed by atoms with E-state index in [9.17, 15) is 4.79 Å². The van der Waals surface area contributed by atoms with Crippen molar-refractivity contribution in [3.63, 3.8) is 0 Å². The summed E-state index contributed by atoms with van der Waals surface area (Å²) in [5, 5.41) is 9.40. The molecule has 1 heterocycles. The molecule has 4 N–H and O–H groups in total. The van der Waals surface area contributed by atoms with Crippen LogP contribution in [0.2, 0.25) is 0 Å². The number of aromatic nitrogens is 2. The van der Waals surface area contributed by atoms with Gasteiger partial charge in [-0.1, -0.05) is 12.1 Å². The summed E-state index contributed by atoms with van der Waals surface area (Å²) < 4.78 is 1.62. The Hall–Kier alpha value is -2.34. The monoisotopic (exact) mass is 259 g/mol. The third kappa shape index (κ3) is 3.56. The molecule has 1 atom stereocenters. The van der Waals surface area contributed by atoms with Gasteiger partial charge in [0.1, 0.15) is 0 Å². The number of nitrogens with two attached hydrogens (primary N) is 1. The Labute approximate surface area is 111 Å². The highest BCUT2D eigenvalue weighted by atomic mass is 16.2. The van der Waals surface area contributed by atoms with Gasteiger partial charge >= 0.3 is 6.03 Å². The van der Waals surface area contributed by atoms with E-state index in [1.54, 1.807) is 24.1 Å². The van der Waals surface area contributed by atoms with Crippen LogP contribution in [-0.2, 0) is 7.05 Å². The van der Waals surface area contributed by atoms with Gasteiger partial charge < -0.3 is 16.4 Å². The van der Waals surface area contributed by atoms with Gasteiger partial charge in [0.25, 0.3) is 0 Å². The second-order valence-corrected chi connectivity index (χ2v) is 4.39. The number of hydrogen-bond donors (Lipinski definition) is 3. The Bertz CT molecular complexity index is 559. The number of rotatable bonds is 3. The van der Waals surface area contributed by atoms with Gasteiger partial charge in [0, 0.05) is 25.0 Å². The first-order valence-electron chi connectivity index (χ1n) is 5.97. The quantitative estimate of drug-likeness (QED) is 0.789. The number of hydrogen-bond acceptors (Lipinski definition) is 3. The second-order valence-electron chi connectivity index (χ2n) is 4.39. The predicted molar refractivity (Wildman–Crippen MR) is 74.9 cm³/mol. The smallest absolute Gasteiger partial charge is 0.323 e. The maximum atomic E-state index is 11.7. The predicted octanol–water partition coefficient (Wildman–Crippen LogP) is 2.08. The molecule has 1 aromatic heterocycles. The average molecular weight is 259 g/mol. The molecule has 0 aliphatic rings. The summed E-state index contributed by atoms with van der Waals surface area (Å²) in [7, 11) is 1.79. The average Bonchev–Trinajstić information content (AvgIpc) is 2.75. The number of carbonyl (C=O) groups is 1. The number of nitrogens with zero attached hydrogens (tertiary/aromatic N) is 2. The van der Waals surface area contributed by atoms with Gasteiger partial charge in [-0.2, -0.15) is 5.10 Å².